The van der Waals surface area contributed by atoms with Crippen LogP contribution in [0.25, 0.3) is 0 Å². The fourth-order valence-corrected chi connectivity index (χ4v) is 2.30. The van der Waals surface area contributed by atoms with Gasteiger partial charge in [0.05, 0.1) is 22.3 Å². The van der Waals surface area contributed by atoms with Crippen LogP contribution >= 0.6 is 11.6 Å². The van der Waals surface area contributed by atoms with E-state index in [0.717, 1.165) is 6.07 Å². The molecule has 134 valence electrons. The van der Waals surface area contributed by atoms with Gasteiger partial charge in [0.1, 0.15) is 5.75 Å². The van der Waals surface area contributed by atoms with Gasteiger partial charge in [-0.3, -0.25) is 9.59 Å². The van der Waals surface area contributed by atoms with E-state index >= 15 is 0 Å². The third-order valence-corrected chi connectivity index (χ3v) is 3.60. The lowest BCUT2D eigenvalue weighted by Crippen LogP contribution is -2.24. The quantitative estimate of drug-likeness (QED) is 0.660. The lowest BCUT2D eigenvalue weighted by Gasteiger charge is -2.12. The highest BCUT2D eigenvalue weighted by atomic mass is 35.5. The summed E-state index contributed by atoms with van der Waals surface area (Å²) in [4.78, 5) is 23.1. The van der Waals surface area contributed by atoms with Crippen LogP contribution in [-0.4, -0.2) is 18.4 Å². The fourth-order valence-electron chi connectivity index (χ4n) is 2.07. The molecular weight excluding hydrogens is 363 g/mol. The summed E-state index contributed by atoms with van der Waals surface area (Å²) in [5.74, 6) is -1.78. The first-order chi connectivity index (χ1) is 12.3. The van der Waals surface area contributed by atoms with Crippen molar-refractivity contribution in [3.63, 3.8) is 0 Å². The van der Waals surface area contributed by atoms with Gasteiger partial charge in [0, 0.05) is 17.7 Å². The molecule has 0 aliphatic rings. The number of amides is 2. The molecule has 7 nitrogen and oxygen atoms in total. The number of nitrogens with zero attached hydrogens (tertiary/aromatic N) is 1. The van der Waals surface area contributed by atoms with Crippen molar-refractivity contribution in [2.75, 3.05) is 12.3 Å². The molecular formula is C17H14ClFN4O3. The van der Waals surface area contributed by atoms with Gasteiger partial charge in [0.15, 0.2) is 12.4 Å². The molecule has 0 heterocycles. The van der Waals surface area contributed by atoms with Crippen LogP contribution in [0.3, 0.4) is 0 Å². The van der Waals surface area contributed by atoms with E-state index in [1.54, 1.807) is 6.07 Å². The average molecular weight is 377 g/mol. The molecule has 0 aliphatic carbocycles. The molecule has 0 aliphatic heterocycles. The zero-order chi connectivity index (χ0) is 19.3. The second-order valence-corrected chi connectivity index (χ2v) is 5.64. The fraction of sp³-hybridized carbons (Fsp3) is 0.118. The van der Waals surface area contributed by atoms with Crippen LogP contribution in [0.1, 0.15) is 21.5 Å². The van der Waals surface area contributed by atoms with Crippen LogP contribution in [0.4, 0.5) is 10.1 Å². The van der Waals surface area contributed by atoms with Gasteiger partial charge in [0.2, 0.25) is 0 Å². The summed E-state index contributed by atoms with van der Waals surface area (Å²) in [7, 11) is 0. The zero-order valence-electron chi connectivity index (χ0n) is 13.4. The molecule has 5 N–H and O–H groups in total. The Morgan fingerprint density at radius 3 is 2.65 bits per heavy atom. The highest BCUT2D eigenvalue weighted by molar-refractivity contribution is 6.31. The van der Waals surface area contributed by atoms with Crippen molar-refractivity contribution in [2.45, 2.75) is 6.54 Å². The SMILES string of the molecule is N#Cc1ccc(CNC(=O)c2cc(N)c(F)c(Cl)c2)c(OCC(N)=O)c1. The Balaban J connectivity index is 2.16. The molecule has 0 saturated carbocycles. The van der Waals surface area contributed by atoms with Gasteiger partial charge in [-0.15, -0.1) is 0 Å². The van der Waals surface area contributed by atoms with Gasteiger partial charge >= 0.3 is 0 Å². The number of hydrogen-bond acceptors (Lipinski definition) is 5. The van der Waals surface area contributed by atoms with Gasteiger partial charge in [-0.05, 0) is 24.3 Å². The predicted molar refractivity (Wildman–Crippen MR) is 92.8 cm³/mol. The number of hydrogen-bond donors (Lipinski definition) is 3. The number of carbonyl (C=O) groups excluding carboxylic acids is 2. The molecule has 0 unspecified atom stereocenters. The summed E-state index contributed by atoms with van der Waals surface area (Å²) in [6, 6.07) is 8.80. The highest BCUT2D eigenvalue weighted by Crippen LogP contribution is 2.23. The maximum absolute atomic E-state index is 13.4. The number of halogens is 2. The number of anilines is 1. The van der Waals surface area contributed by atoms with Crippen LogP contribution in [0, 0.1) is 17.1 Å². The number of nitrogens with one attached hydrogen (secondary N) is 1. The molecule has 0 radical (unpaired) electrons. The Bertz CT molecular complexity index is 888. The van der Waals surface area contributed by atoms with Gasteiger partial charge in [-0.2, -0.15) is 5.26 Å². The predicted octanol–water partition coefficient (Wildman–Crippen LogP) is 1.73. The van der Waals surface area contributed by atoms with Crippen molar-refractivity contribution in [2.24, 2.45) is 5.73 Å². The van der Waals surface area contributed by atoms with E-state index < -0.39 is 17.6 Å². The van der Waals surface area contributed by atoms with Crippen LogP contribution in [-0.2, 0) is 11.3 Å². The van der Waals surface area contributed by atoms with Crippen LogP contribution in [0.5, 0.6) is 5.75 Å². The Morgan fingerprint density at radius 2 is 2.04 bits per heavy atom. The first-order valence-corrected chi connectivity index (χ1v) is 7.66. The van der Waals surface area contributed by atoms with Crippen molar-refractivity contribution in [3.05, 3.63) is 57.9 Å². The number of rotatable bonds is 6. The van der Waals surface area contributed by atoms with Gasteiger partial charge in [-0.1, -0.05) is 17.7 Å². The average Bonchev–Trinajstić information content (AvgIpc) is 2.62. The largest absolute Gasteiger partial charge is 0.483 e. The summed E-state index contributed by atoms with van der Waals surface area (Å²) in [5.41, 5.74) is 11.2. The van der Waals surface area contributed by atoms with Crippen molar-refractivity contribution in [1.29, 1.82) is 5.26 Å². The lowest BCUT2D eigenvalue weighted by atomic mass is 10.1. The second-order valence-electron chi connectivity index (χ2n) is 5.23. The van der Waals surface area contributed by atoms with Crippen molar-refractivity contribution >= 4 is 29.1 Å². The molecule has 2 aromatic carbocycles. The van der Waals surface area contributed by atoms with Crippen LogP contribution in [0.2, 0.25) is 5.02 Å². The molecule has 0 atom stereocenters. The third-order valence-electron chi connectivity index (χ3n) is 3.32. The number of primary amides is 1. The molecule has 0 saturated heterocycles. The third kappa shape index (κ3) is 4.62. The second kappa shape index (κ2) is 8.18. The summed E-state index contributed by atoms with van der Waals surface area (Å²) >= 11 is 5.68. The van der Waals surface area contributed by atoms with Gasteiger partial charge < -0.3 is 21.5 Å². The first-order valence-electron chi connectivity index (χ1n) is 7.28. The monoisotopic (exact) mass is 376 g/mol. The van der Waals surface area contributed by atoms with E-state index in [4.69, 9.17) is 33.1 Å². The first kappa shape index (κ1) is 19.0. The van der Waals surface area contributed by atoms with Gasteiger partial charge in [0.25, 0.3) is 11.8 Å². The van der Waals surface area contributed by atoms with E-state index in [9.17, 15) is 14.0 Å². The maximum atomic E-state index is 13.4. The van der Waals surface area contributed by atoms with Crippen molar-refractivity contribution in [1.82, 2.24) is 5.32 Å². The van der Waals surface area contributed by atoms with Crippen molar-refractivity contribution in [3.8, 4) is 11.8 Å². The molecule has 2 aromatic rings. The molecule has 2 amide bonds. The van der Waals surface area contributed by atoms with E-state index in [1.165, 1.54) is 18.2 Å². The van der Waals surface area contributed by atoms with Gasteiger partial charge in [-0.25, -0.2) is 4.39 Å². The topological polar surface area (TPSA) is 131 Å². The van der Waals surface area contributed by atoms with E-state index in [-0.39, 0.29) is 35.2 Å². The van der Waals surface area contributed by atoms with Crippen LogP contribution in [0.15, 0.2) is 30.3 Å². The number of benzene rings is 2. The summed E-state index contributed by atoms with van der Waals surface area (Å²) in [6.07, 6.45) is 0. The maximum Gasteiger partial charge on any atom is 0.255 e. The Labute approximate surface area is 153 Å². The summed E-state index contributed by atoms with van der Waals surface area (Å²) in [6.45, 7) is -0.354. The molecule has 0 fully saturated rings. The Kier molecular flexibility index (Phi) is 5.98. The summed E-state index contributed by atoms with van der Waals surface area (Å²) < 4.78 is 18.7. The number of nitrogen functional groups attached to an aromatic ring is 1. The van der Waals surface area contributed by atoms with Crippen LogP contribution < -0.4 is 21.5 Å². The zero-order valence-corrected chi connectivity index (χ0v) is 14.1. The van der Waals surface area contributed by atoms with E-state index in [1.807, 2.05) is 6.07 Å². The Morgan fingerprint density at radius 1 is 1.31 bits per heavy atom. The van der Waals surface area contributed by atoms with E-state index in [0.29, 0.717) is 11.1 Å². The minimum Gasteiger partial charge on any atom is -0.483 e. The molecule has 9 heteroatoms. The lowest BCUT2D eigenvalue weighted by molar-refractivity contribution is -0.119. The number of nitriles is 1. The molecule has 0 bridgehead atoms. The minimum absolute atomic E-state index is 0.0214. The molecule has 26 heavy (non-hydrogen) atoms. The molecule has 2 rings (SSSR count). The van der Waals surface area contributed by atoms with Crippen molar-refractivity contribution < 1.29 is 18.7 Å². The Hall–Kier alpha value is -3.31. The van der Waals surface area contributed by atoms with E-state index in [2.05, 4.69) is 5.32 Å². The molecule has 0 aromatic heterocycles. The minimum atomic E-state index is -0.794. The normalized spacial score (nSPS) is 10.0. The summed E-state index contributed by atoms with van der Waals surface area (Å²) in [5, 5.41) is 11.3. The standard InChI is InChI=1S/C17H14ClFN4O3/c18-12-4-11(5-13(21)16(12)19)17(25)23-7-10-2-1-9(6-20)3-14(10)26-8-15(22)24/h1-5H,7-8,21H2,(H2,22,24)(H,23,25). The number of nitrogens with two attached hydrogens (primary N) is 2. The highest BCUT2D eigenvalue weighted by Gasteiger charge is 2.14. The number of ether oxygens (including phenoxy) is 1. The number of carbonyl (C=O) groups is 2. The molecule has 0 spiro atoms. The smallest absolute Gasteiger partial charge is 0.255 e.